The molecule has 0 atom stereocenters. The molecular weight excluding hydrogens is 413 g/mol. The summed E-state index contributed by atoms with van der Waals surface area (Å²) in [4.78, 5) is 31.8. The van der Waals surface area contributed by atoms with Crippen molar-refractivity contribution in [2.45, 2.75) is 6.54 Å². The topological polar surface area (TPSA) is 73.7 Å². The van der Waals surface area contributed by atoms with Gasteiger partial charge in [0.15, 0.2) is 0 Å². The molecule has 0 spiro atoms. The van der Waals surface area contributed by atoms with Crippen LogP contribution in [0.2, 0.25) is 10.0 Å². The van der Waals surface area contributed by atoms with Crippen LogP contribution < -0.4 is 4.90 Å². The molecular formula is C21H19Cl2N3O3. The van der Waals surface area contributed by atoms with Gasteiger partial charge in [-0.15, -0.1) is 0 Å². The van der Waals surface area contributed by atoms with E-state index in [1.54, 1.807) is 42.2 Å². The highest BCUT2D eigenvalue weighted by atomic mass is 35.5. The summed E-state index contributed by atoms with van der Waals surface area (Å²) in [5.74, 6) is -1.21. The highest BCUT2D eigenvalue weighted by Crippen LogP contribution is 2.36. The van der Waals surface area contributed by atoms with Gasteiger partial charge >= 0.3 is 5.97 Å². The predicted molar refractivity (Wildman–Crippen MR) is 115 cm³/mol. The van der Waals surface area contributed by atoms with E-state index in [4.69, 9.17) is 23.2 Å². The predicted octanol–water partition coefficient (Wildman–Crippen LogP) is 4.33. The molecule has 0 unspecified atom stereocenters. The molecule has 1 amide bonds. The molecule has 3 rings (SSSR count). The summed E-state index contributed by atoms with van der Waals surface area (Å²) in [7, 11) is 3.42. The van der Waals surface area contributed by atoms with Gasteiger partial charge in [-0.2, -0.15) is 0 Å². The van der Waals surface area contributed by atoms with E-state index in [9.17, 15) is 14.7 Å². The Morgan fingerprint density at radius 1 is 1.10 bits per heavy atom. The first-order valence-corrected chi connectivity index (χ1v) is 9.53. The van der Waals surface area contributed by atoms with E-state index in [0.29, 0.717) is 33.0 Å². The number of aromatic carboxylic acids is 1. The van der Waals surface area contributed by atoms with Gasteiger partial charge in [-0.05, 0) is 41.8 Å². The molecule has 1 heterocycles. The number of carboxylic acids is 1. The number of carbonyl (C=O) groups excluding carboxylic acids is 1. The first kappa shape index (κ1) is 20.9. The molecule has 8 heteroatoms. The monoisotopic (exact) mass is 431 g/mol. The summed E-state index contributed by atoms with van der Waals surface area (Å²) in [5, 5.41) is 11.5. The molecule has 0 saturated carbocycles. The van der Waals surface area contributed by atoms with E-state index < -0.39 is 5.97 Å². The van der Waals surface area contributed by atoms with Gasteiger partial charge in [-0.25, -0.2) is 4.79 Å². The van der Waals surface area contributed by atoms with Crippen molar-refractivity contribution >= 4 is 51.5 Å². The van der Waals surface area contributed by atoms with E-state index in [1.165, 1.54) is 12.1 Å². The van der Waals surface area contributed by atoms with Gasteiger partial charge < -0.3 is 14.9 Å². The van der Waals surface area contributed by atoms with E-state index in [2.05, 4.69) is 4.98 Å². The van der Waals surface area contributed by atoms with Crippen LogP contribution >= 0.6 is 23.2 Å². The van der Waals surface area contributed by atoms with Crippen molar-refractivity contribution in [1.29, 1.82) is 0 Å². The minimum Gasteiger partial charge on any atom is -0.478 e. The minimum atomic E-state index is -1.07. The lowest BCUT2D eigenvalue weighted by Crippen LogP contribution is -2.36. The molecule has 6 nitrogen and oxygen atoms in total. The van der Waals surface area contributed by atoms with E-state index >= 15 is 0 Å². The van der Waals surface area contributed by atoms with Crippen LogP contribution in [-0.2, 0) is 11.3 Å². The van der Waals surface area contributed by atoms with Gasteiger partial charge in [-0.3, -0.25) is 9.78 Å². The Morgan fingerprint density at radius 2 is 1.86 bits per heavy atom. The Labute approximate surface area is 178 Å². The standard InChI is InChI=1S/C21H19Cl2N3O3/c1-25(12-19(27)26(2)11-16-5-3-4-6-24-16)18-9-14(21(28)29)7-13-8-15(22)10-17(23)20(13)18/h3-10H,11-12H2,1-2H3,(H,28,29). The zero-order valence-corrected chi connectivity index (χ0v) is 17.4. The van der Waals surface area contributed by atoms with Crippen LogP contribution in [0.15, 0.2) is 48.7 Å². The largest absolute Gasteiger partial charge is 0.478 e. The number of halogens is 2. The average Bonchev–Trinajstić information content (AvgIpc) is 2.67. The van der Waals surface area contributed by atoms with Gasteiger partial charge in [-0.1, -0.05) is 29.3 Å². The lowest BCUT2D eigenvalue weighted by Gasteiger charge is -2.25. The first-order chi connectivity index (χ1) is 13.8. The van der Waals surface area contributed by atoms with Gasteiger partial charge in [0, 0.05) is 36.4 Å². The summed E-state index contributed by atoms with van der Waals surface area (Å²) in [5.41, 5.74) is 1.41. The van der Waals surface area contributed by atoms with E-state index in [1.807, 2.05) is 18.2 Å². The Kier molecular flexibility index (Phi) is 6.25. The second kappa shape index (κ2) is 8.68. The third-order valence-electron chi connectivity index (χ3n) is 4.53. The zero-order chi connectivity index (χ0) is 21.1. The van der Waals surface area contributed by atoms with Crippen molar-refractivity contribution < 1.29 is 14.7 Å². The number of anilines is 1. The van der Waals surface area contributed by atoms with Crippen LogP contribution in [0.5, 0.6) is 0 Å². The number of hydrogen-bond donors (Lipinski definition) is 1. The highest BCUT2D eigenvalue weighted by Gasteiger charge is 2.19. The molecule has 0 aliphatic rings. The number of carbonyl (C=O) groups is 2. The maximum atomic E-state index is 12.7. The lowest BCUT2D eigenvalue weighted by atomic mass is 10.0. The fourth-order valence-corrected chi connectivity index (χ4v) is 3.67. The van der Waals surface area contributed by atoms with Crippen LogP contribution in [0, 0.1) is 0 Å². The second-order valence-corrected chi connectivity index (χ2v) is 7.56. The molecule has 0 aliphatic carbocycles. The number of pyridine rings is 1. The van der Waals surface area contributed by atoms with Crippen LogP contribution in [0.25, 0.3) is 10.8 Å². The van der Waals surface area contributed by atoms with Crippen molar-refractivity contribution in [2.75, 3.05) is 25.5 Å². The molecule has 1 aromatic heterocycles. The van der Waals surface area contributed by atoms with Crippen molar-refractivity contribution in [3.05, 3.63) is 70.0 Å². The Bertz CT molecular complexity index is 1070. The minimum absolute atomic E-state index is 0.0421. The molecule has 0 radical (unpaired) electrons. The Balaban J connectivity index is 1.90. The van der Waals surface area contributed by atoms with Crippen LogP contribution in [-0.4, -0.2) is 47.5 Å². The van der Waals surface area contributed by atoms with E-state index in [-0.39, 0.29) is 18.0 Å². The summed E-state index contributed by atoms with van der Waals surface area (Å²) in [6, 6.07) is 11.8. The number of rotatable bonds is 6. The number of aromatic nitrogens is 1. The maximum Gasteiger partial charge on any atom is 0.335 e. The van der Waals surface area contributed by atoms with Gasteiger partial charge in [0.25, 0.3) is 0 Å². The number of likely N-dealkylation sites (N-methyl/N-ethyl adjacent to an activating group) is 2. The highest BCUT2D eigenvalue weighted by molar-refractivity contribution is 6.39. The van der Waals surface area contributed by atoms with Crippen molar-refractivity contribution in [1.82, 2.24) is 9.88 Å². The number of fused-ring (bicyclic) bond motifs is 1. The van der Waals surface area contributed by atoms with Gasteiger partial charge in [0.05, 0.1) is 29.4 Å². The first-order valence-electron chi connectivity index (χ1n) is 8.77. The summed E-state index contributed by atoms with van der Waals surface area (Å²) < 4.78 is 0. The quantitative estimate of drug-likeness (QED) is 0.628. The van der Waals surface area contributed by atoms with Crippen molar-refractivity contribution in [3.63, 3.8) is 0 Å². The molecule has 2 aromatic carbocycles. The molecule has 150 valence electrons. The fraction of sp³-hybridized carbons (Fsp3) is 0.190. The summed E-state index contributed by atoms with van der Waals surface area (Å²) >= 11 is 12.5. The molecule has 3 aromatic rings. The SMILES string of the molecule is CN(Cc1ccccn1)C(=O)CN(C)c1cc(C(=O)O)cc2cc(Cl)cc(Cl)c12. The molecule has 0 aliphatic heterocycles. The molecule has 0 bridgehead atoms. The lowest BCUT2D eigenvalue weighted by molar-refractivity contribution is -0.128. The maximum absolute atomic E-state index is 12.7. The average molecular weight is 432 g/mol. The third-order valence-corrected chi connectivity index (χ3v) is 5.04. The Morgan fingerprint density at radius 3 is 2.52 bits per heavy atom. The van der Waals surface area contributed by atoms with Crippen LogP contribution in [0.3, 0.4) is 0 Å². The number of carboxylic acid groups (broad SMARTS) is 1. The molecule has 1 N–H and O–H groups in total. The normalized spacial score (nSPS) is 10.8. The molecule has 29 heavy (non-hydrogen) atoms. The third kappa shape index (κ3) is 4.78. The summed E-state index contributed by atoms with van der Waals surface area (Å²) in [6.45, 7) is 0.417. The van der Waals surface area contributed by atoms with E-state index in [0.717, 1.165) is 5.69 Å². The molecule has 0 saturated heterocycles. The fourth-order valence-electron chi connectivity index (χ4n) is 3.06. The summed E-state index contributed by atoms with van der Waals surface area (Å²) in [6.07, 6.45) is 1.68. The van der Waals surface area contributed by atoms with Gasteiger partial charge in [0.1, 0.15) is 0 Å². The second-order valence-electron chi connectivity index (χ2n) is 6.71. The number of benzene rings is 2. The van der Waals surface area contributed by atoms with Crippen LogP contribution in [0.1, 0.15) is 16.1 Å². The number of amides is 1. The van der Waals surface area contributed by atoms with Crippen LogP contribution in [0.4, 0.5) is 5.69 Å². The smallest absolute Gasteiger partial charge is 0.335 e. The van der Waals surface area contributed by atoms with Crippen molar-refractivity contribution in [2.24, 2.45) is 0 Å². The number of nitrogens with zero attached hydrogens (tertiary/aromatic N) is 3. The number of hydrogen-bond acceptors (Lipinski definition) is 4. The van der Waals surface area contributed by atoms with Crippen molar-refractivity contribution in [3.8, 4) is 0 Å². The van der Waals surface area contributed by atoms with Gasteiger partial charge in [0.2, 0.25) is 5.91 Å². The zero-order valence-electron chi connectivity index (χ0n) is 15.9. The Hall–Kier alpha value is -2.83. The molecule has 0 fully saturated rings.